The molecule has 0 radical (unpaired) electrons. The van der Waals surface area contributed by atoms with E-state index in [4.69, 9.17) is 4.34 Å². The number of benzene rings is 1. The van der Waals surface area contributed by atoms with Gasteiger partial charge >= 0.3 is 150 Å². The van der Waals surface area contributed by atoms with Gasteiger partial charge in [-0.25, -0.2) is 0 Å². The van der Waals surface area contributed by atoms with Crippen molar-refractivity contribution < 1.29 is 4.34 Å². The average Bonchev–Trinajstić information content (AvgIpc) is 2.75. The summed E-state index contributed by atoms with van der Waals surface area (Å²) in [6.07, 6.45) is 3.65. The van der Waals surface area contributed by atoms with E-state index in [0.29, 0.717) is 15.3 Å². The zero-order chi connectivity index (χ0) is 17.5. The molecule has 0 N–H and O–H groups in total. The summed E-state index contributed by atoms with van der Waals surface area (Å²) in [7, 11) is -2.02. The third-order valence-corrected chi connectivity index (χ3v) is 31.1. The first-order chi connectivity index (χ1) is 10.6. The summed E-state index contributed by atoms with van der Waals surface area (Å²) < 4.78 is 7.52. The molecule has 0 bridgehead atoms. The number of hydrogen-bond donors (Lipinski definition) is 0. The van der Waals surface area contributed by atoms with Gasteiger partial charge in [0.2, 0.25) is 0 Å². The van der Waals surface area contributed by atoms with E-state index in [1.807, 2.05) is 0 Å². The minimum absolute atomic E-state index is 0.354. The molecule has 128 valence electrons. The molecule has 1 nitrogen and oxygen atoms in total. The van der Waals surface area contributed by atoms with Crippen molar-refractivity contribution in [3.8, 4) is 0 Å². The van der Waals surface area contributed by atoms with Crippen LogP contribution in [0.3, 0.4) is 0 Å². The summed E-state index contributed by atoms with van der Waals surface area (Å²) in [4.78, 5) is 7.93. The van der Waals surface area contributed by atoms with Gasteiger partial charge < -0.3 is 0 Å². The molecule has 1 aliphatic rings. The fourth-order valence-electron chi connectivity index (χ4n) is 5.77. The number of hydrogen-bond acceptors (Lipinski definition) is 1. The second kappa shape index (κ2) is 6.53. The Morgan fingerprint density at radius 2 is 1.57 bits per heavy atom. The topological polar surface area (TPSA) is 9.23 Å². The predicted octanol–water partition coefficient (Wildman–Crippen LogP) is 5.71. The Balaban J connectivity index is 2.78. The van der Waals surface area contributed by atoms with Gasteiger partial charge in [0, 0.05) is 0 Å². The van der Waals surface area contributed by atoms with Gasteiger partial charge in [-0.3, -0.25) is 0 Å². The molecule has 0 spiro atoms. The predicted molar refractivity (Wildman–Crippen MR) is 110 cm³/mol. The summed E-state index contributed by atoms with van der Waals surface area (Å²) in [5, 5.41) is 1.86. The first-order valence-electron chi connectivity index (χ1n) is 9.38. The van der Waals surface area contributed by atoms with Gasteiger partial charge in [0.15, 0.2) is 0 Å². The molecule has 1 aromatic rings. The molecule has 1 saturated heterocycles. The molecule has 1 heterocycles. The summed E-state index contributed by atoms with van der Waals surface area (Å²) >= 11 is -2.32. The molecule has 0 aliphatic carbocycles. The SMILES string of the molecule is CCB1O[Si](C)(c2ccccc2)[C](C)([Sn]([CH3])([CH3])[CH3])C1(CC)CC. The van der Waals surface area contributed by atoms with Crippen LogP contribution in [0.1, 0.15) is 40.5 Å². The molecule has 1 aromatic carbocycles. The van der Waals surface area contributed by atoms with Crippen LogP contribution in [0.4, 0.5) is 0 Å². The molecule has 1 aliphatic heterocycles. The van der Waals surface area contributed by atoms with Crippen LogP contribution >= 0.6 is 0 Å². The molecule has 4 heteroatoms. The van der Waals surface area contributed by atoms with Crippen molar-refractivity contribution in [2.24, 2.45) is 0 Å². The maximum atomic E-state index is 7.12. The van der Waals surface area contributed by atoms with E-state index in [2.05, 4.69) is 79.4 Å². The molecule has 0 aromatic heterocycles. The van der Waals surface area contributed by atoms with Gasteiger partial charge in [-0.15, -0.1) is 0 Å². The normalized spacial score (nSPS) is 30.7. The van der Waals surface area contributed by atoms with Crippen molar-refractivity contribution in [3.63, 3.8) is 0 Å². The standard InChI is InChI=1S/C16H26BOSi.3CH3.Sn/c1-6-16(7-2)14(4)19(5,18-17(16)8-3)15-12-10-9-11-13-15;;;;/h9-13H,6-8H2,1-5H3;3*1H3;. The van der Waals surface area contributed by atoms with Crippen molar-refractivity contribution >= 4 is 38.8 Å². The van der Waals surface area contributed by atoms with Gasteiger partial charge in [0.05, 0.1) is 0 Å². The van der Waals surface area contributed by atoms with E-state index < -0.39 is 26.7 Å². The van der Waals surface area contributed by atoms with Crippen molar-refractivity contribution in [2.75, 3.05) is 0 Å². The van der Waals surface area contributed by atoms with E-state index in [-0.39, 0.29) is 0 Å². The summed E-state index contributed by atoms with van der Waals surface area (Å²) in [5.41, 5.74) is 0. The second-order valence-corrected chi connectivity index (χ2v) is 29.7. The first-order valence-corrected chi connectivity index (χ1v) is 21.8. The van der Waals surface area contributed by atoms with Gasteiger partial charge in [0.25, 0.3) is 0 Å². The molecule has 2 unspecified atom stereocenters. The van der Waals surface area contributed by atoms with Crippen LogP contribution in [0.25, 0.3) is 0 Å². The van der Waals surface area contributed by atoms with Crippen LogP contribution < -0.4 is 5.19 Å². The first kappa shape index (κ1) is 19.6. The Hall–Kier alpha value is 0.261. The zero-order valence-electron chi connectivity index (χ0n) is 16.5. The van der Waals surface area contributed by atoms with E-state index in [0.717, 1.165) is 6.32 Å². The Morgan fingerprint density at radius 1 is 1.04 bits per heavy atom. The van der Waals surface area contributed by atoms with Crippen molar-refractivity contribution in [1.82, 2.24) is 0 Å². The van der Waals surface area contributed by atoms with Crippen LogP contribution in [0.15, 0.2) is 30.3 Å². The Labute approximate surface area is 149 Å². The number of rotatable bonds is 5. The monoisotopic (exact) mass is 438 g/mol. The fraction of sp³-hybridized carbons (Fsp3) is 0.684. The molecule has 0 amide bonds. The van der Waals surface area contributed by atoms with Gasteiger partial charge in [-0.2, -0.15) is 0 Å². The molecule has 0 saturated carbocycles. The van der Waals surface area contributed by atoms with Crippen LogP contribution in [0.5, 0.6) is 0 Å². The van der Waals surface area contributed by atoms with Crippen LogP contribution in [0, 0.1) is 0 Å². The fourth-order valence-corrected chi connectivity index (χ4v) is 31.1. The Bertz CT molecular complexity index is 540. The van der Waals surface area contributed by atoms with Crippen LogP contribution in [-0.2, 0) is 4.34 Å². The molecule has 2 atom stereocenters. The third kappa shape index (κ3) is 2.52. The van der Waals surface area contributed by atoms with E-state index in [9.17, 15) is 0 Å². The van der Waals surface area contributed by atoms with Gasteiger partial charge in [-0.05, 0) is 0 Å². The molecule has 23 heavy (non-hydrogen) atoms. The van der Waals surface area contributed by atoms with Crippen molar-refractivity contribution in [3.05, 3.63) is 30.3 Å². The molecule has 2 rings (SSSR count). The van der Waals surface area contributed by atoms with Gasteiger partial charge in [-0.1, -0.05) is 0 Å². The summed E-state index contributed by atoms with van der Waals surface area (Å²) in [5.74, 6) is 0. The quantitative estimate of drug-likeness (QED) is 0.537. The van der Waals surface area contributed by atoms with E-state index in [1.54, 1.807) is 0 Å². The summed E-state index contributed by atoms with van der Waals surface area (Å²) in [6.45, 7) is 12.8. The van der Waals surface area contributed by atoms with Crippen molar-refractivity contribution in [1.29, 1.82) is 0 Å². The van der Waals surface area contributed by atoms with E-state index in [1.165, 1.54) is 18.0 Å². The van der Waals surface area contributed by atoms with Crippen molar-refractivity contribution in [2.45, 2.75) is 76.6 Å². The average molecular weight is 437 g/mol. The molecule has 1 fully saturated rings. The van der Waals surface area contributed by atoms with Gasteiger partial charge in [0.1, 0.15) is 0 Å². The molecular weight excluding hydrogens is 402 g/mol. The Kier molecular flexibility index (Phi) is 5.56. The maximum absolute atomic E-state index is 7.12. The minimum atomic E-state index is -2.32. The summed E-state index contributed by atoms with van der Waals surface area (Å²) in [6, 6.07) is 11.2. The Morgan fingerprint density at radius 3 is 1.96 bits per heavy atom. The van der Waals surface area contributed by atoms with Crippen LogP contribution in [-0.4, -0.2) is 33.6 Å². The third-order valence-electron chi connectivity index (χ3n) is 7.40. The molecular formula is C19H35BOSiSn. The zero-order valence-corrected chi connectivity index (χ0v) is 20.3. The van der Waals surface area contributed by atoms with Crippen LogP contribution in [0.2, 0.25) is 36.1 Å². The second-order valence-electron chi connectivity index (χ2n) is 8.65. The van der Waals surface area contributed by atoms with E-state index >= 15 is 0 Å².